The van der Waals surface area contributed by atoms with Gasteiger partial charge in [0.2, 0.25) is 5.91 Å². The number of primary amides is 1. The van der Waals surface area contributed by atoms with E-state index in [0.29, 0.717) is 24.7 Å². The molecule has 0 saturated heterocycles. The van der Waals surface area contributed by atoms with Crippen molar-refractivity contribution in [2.24, 2.45) is 5.73 Å². The van der Waals surface area contributed by atoms with E-state index in [-0.39, 0.29) is 6.61 Å². The number of carbonyl (C=O) groups is 1. The van der Waals surface area contributed by atoms with Crippen LogP contribution >= 0.6 is 0 Å². The molecule has 1 heterocycles. The van der Waals surface area contributed by atoms with Crippen molar-refractivity contribution in [2.75, 3.05) is 30.8 Å². The topological polar surface area (TPSA) is 103 Å². The van der Waals surface area contributed by atoms with Gasteiger partial charge in [0.15, 0.2) is 0 Å². The normalized spacial score (nSPS) is 9.87. The minimum Gasteiger partial charge on any atom is -0.397 e. The number of nitrogens with one attached hydrogen (secondary N) is 1. The monoisotopic (exact) mass is 210 g/mol. The Kier molecular flexibility index (Phi) is 4.36. The lowest BCUT2D eigenvalue weighted by molar-refractivity contribution is -0.122. The number of amides is 1. The summed E-state index contributed by atoms with van der Waals surface area (Å²) in [5, 5.41) is 3.00. The number of aromatic nitrogens is 1. The summed E-state index contributed by atoms with van der Waals surface area (Å²) < 4.78 is 4.95. The van der Waals surface area contributed by atoms with Gasteiger partial charge in [-0.1, -0.05) is 0 Å². The number of ether oxygens (including phenoxy) is 1. The molecule has 0 spiro atoms. The Morgan fingerprint density at radius 1 is 1.53 bits per heavy atom. The van der Waals surface area contributed by atoms with E-state index in [1.807, 2.05) is 0 Å². The Morgan fingerprint density at radius 2 is 2.33 bits per heavy atom. The number of nitrogens with two attached hydrogens (primary N) is 2. The van der Waals surface area contributed by atoms with E-state index < -0.39 is 5.91 Å². The van der Waals surface area contributed by atoms with Crippen LogP contribution < -0.4 is 16.8 Å². The molecule has 0 fully saturated rings. The SMILES string of the molecule is NC(=O)COCCNc1ccc(N)cn1. The van der Waals surface area contributed by atoms with Gasteiger partial charge < -0.3 is 21.5 Å². The standard InChI is InChI=1S/C9H14N4O2/c10-7-1-2-9(13-5-7)12-3-4-15-6-8(11)14/h1-2,5H,3-4,6,10H2,(H2,11,14)(H,12,13). The fraction of sp³-hybridized carbons (Fsp3) is 0.333. The second-order valence-electron chi connectivity index (χ2n) is 2.92. The van der Waals surface area contributed by atoms with Crippen molar-refractivity contribution in [2.45, 2.75) is 0 Å². The van der Waals surface area contributed by atoms with Crippen LogP contribution in [0.4, 0.5) is 11.5 Å². The minimum atomic E-state index is -0.472. The van der Waals surface area contributed by atoms with Gasteiger partial charge in [0, 0.05) is 6.54 Å². The van der Waals surface area contributed by atoms with Gasteiger partial charge in [-0.15, -0.1) is 0 Å². The molecule has 6 heteroatoms. The number of anilines is 2. The number of nitrogens with zero attached hydrogens (tertiary/aromatic N) is 1. The van der Waals surface area contributed by atoms with E-state index in [9.17, 15) is 4.79 Å². The Labute approximate surface area is 87.6 Å². The summed E-state index contributed by atoms with van der Waals surface area (Å²) in [6.45, 7) is 0.899. The molecule has 0 bridgehead atoms. The predicted molar refractivity (Wildman–Crippen MR) is 57.2 cm³/mol. The minimum absolute atomic E-state index is 0.0587. The Morgan fingerprint density at radius 3 is 2.93 bits per heavy atom. The van der Waals surface area contributed by atoms with Gasteiger partial charge in [-0.05, 0) is 12.1 Å². The first-order valence-electron chi connectivity index (χ1n) is 4.50. The average molecular weight is 210 g/mol. The maximum atomic E-state index is 10.3. The van der Waals surface area contributed by atoms with E-state index in [2.05, 4.69) is 10.3 Å². The van der Waals surface area contributed by atoms with Gasteiger partial charge in [0.25, 0.3) is 0 Å². The molecule has 1 rings (SSSR count). The lowest BCUT2D eigenvalue weighted by Crippen LogP contribution is -2.20. The van der Waals surface area contributed by atoms with Crippen molar-refractivity contribution >= 4 is 17.4 Å². The third kappa shape index (κ3) is 4.82. The zero-order valence-electron chi connectivity index (χ0n) is 8.27. The van der Waals surface area contributed by atoms with Crippen molar-refractivity contribution in [1.29, 1.82) is 0 Å². The van der Waals surface area contributed by atoms with Crippen LogP contribution in [0.25, 0.3) is 0 Å². The lowest BCUT2D eigenvalue weighted by Gasteiger charge is -2.05. The molecule has 0 saturated carbocycles. The molecule has 0 atom stereocenters. The second-order valence-corrected chi connectivity index (χ2v) is 2.92. The molecule has 0 aliphatic carbocycles. The van der Waals surface area contributed by atoms with Crippen molar-refractivity contribution in [1.82, 2.24) is 4.98 Å². The number of rotatable bonds is 6. The smallest absolute Gasteiger partial charge is 0.243 e. The van der Waals surface area contributed by atoms with Gasteiger partial charge in [-0.3, -0.25) is 4.79 Å². The number of pyridine rings is 1. The Hall–Kier alpha value is -1.82. The molecule has 1 aromatic heterocycles. The van der Waals surface area contributed by atoms with Gasteiger partial charge in [-0.25, -0.2) is 4.98 Å². The van der Waals surface area contributed by atoms with E-state index in [1.54, 1.807) is 18.3 Å². The largest absolute Gasteiger partial charge is 0.397 e. The average Bonchev–Trinajstić information content (AvgIpc) is 2.20. The summed E-state index contributed by atoms with van der Waals surface area (Å²) in [6.07, 6.45) is 1.56. The third-order valence-electron chi connectivity index (χ3n) is 1.58. The van der Waals surface area contributed by atoms with E-state index >= 15 is 0 Å². The molecular formula is C9H14N4O2. The summed E-state index contributed by atoms with van der Waals surface area (Å²) >= 11 is 0. The van der Waals surface area contributed by atoms with Gasteiger partial charge >= 0.3 is 0 Å². The molecule has 0 aromatic carbocycles. The quantitative estimate of drug-likeness (QED) is 0.553. The van der Waals surface area contributed by atoms with Gasteiger partial charge in [0.1, 0.15) is 12.4 Å². The summed E-state index contributed by atoms with van der Waals surface area (Å²) in [4.78, 5) is 14.3. The molecule has 82 valence electrons. The maximum Gasteiger partial charge on any atom is 0.243 e. The summed E-state index contributed by atoms with van der Waals surface area (Å²) in [5.41, 5.74) is 11.0. The van der Waals surface area contributed by atoms with E-state index in [4.69, 9.17) is 16.2 Å². The molecule has 0 unspecified atom stereocenters. The number of hydrogen-bond donors (Lipinski definition) is 3. The molecule has 0 radical (unpaired) electrons. The molecule has 1 aromatic rings. The summed E-state index contributed by atoms with van der Waals surface area (Å²) in [6, 6.07) is 3.52. The molecule has 5 N–H and O–H groups in total. The van der Waals surface area contributed by atoms with Crippen LogP contribution in [0.5, 0.6) is 0 Å². The highest BCUT2D eigenvalue weighted by Crippen LogP contribution is 2.04. The van der Waals surface area contributed by atoms with Gasteiger partial charge in [-0.2, -0.15) is 0 Å². The van der Waals surface area contributed by atoms with Crippen molar-refractivity contribution in [3.63, 3.8) is 0 Å². The zero-order valence-corrected chi connectivity index (χ0v) is 8.27. The summed E-state index contributed by atoms with van der Waals surface area (Å²) in [7, 11) is 0. The highest BCUT2D eigenvalue weighted by Gasteiger charge is 1.95. The van der Waals surface area contributed by atoms with Crippen LogP contribution in [-0.4, -0.2) is 30.6 Å². The fourth-order valence-corrected chi connectivity index (χ4v) is 0.934. The molecule has 15 heavy (non-hydrogen) atoms. The van der Waals surface area contributed by atoms with Crippen molar-refractivity contribution in [3.05, 3.63) is 18.3 Å². The Balaban J connectivity index is 2.15. The highest BCUT2D eigenvalue weighted by molar-refractivity contribution is 5.74. The van der Waals surface area contributed by atoms with Crippen LogP contribution in [0.1, 0.15) is 0 Å². The van der Waals surface area contributed by atoms with Crippen molar-refractivity contribution < 1.29 is 9.53 Å². The summed E-state index contributed by atoms with van der Waals surface area (Å²) in [5.74, 6) is 0.243. The number of hydrogen-bond acceptors (Lipinski definition) is 5. The van der Waals surface area contributed by atoms with Crippen molar-refractivity contribution in [3.8, 4) is 0 Å². The lowest BCUT2D eigenvalue weighted by atomic mass is 10.4. The number of nitrogen functional groups attached to an aromatic ring is 1. The fourth-order valence-electron chi connectivity index (χ4n) is 0.934. The first-order chi connectivity index (χ1) is 7.18. The second kappa shape index (κ2) is 5.82. The molecule has 0 aliphatic rings. The van der Waals surface area contributed by atoms with Crippen LogP contribution in [0.3, 0.4) is 0 Å². The van der Waals surface area contributed by atoms with Crippen LogP contribution in [-0.2, 0) is 9.53 Å². The van der Waals surface area contributed by atoms with Crippen LogP contribution in [0.2, 0.25) is 0 Å². The first-order valence-corrected chi connectivity index (χ1v) is 4.50. The maximum absolute atomic E-state index is 10.3. The van der Waals surface area contributed by atoms with E-state index in [1.165, 1.54) is 0 Å². The Bertz CT molecular complexity index is 312. The molecular weight excluding hydrogens is 196 g/mol. The van der Waals surface area contributed by atoms with Gasteiger partial charge in [0.05, 0.1) is 18.5 Å². The first kappa shape index (κ1) is 11.3. The predicted octanol–water partition coefficient (Wildman–Crippen LogP) is -0.422. The highest BCUT2D eigenvalue weighted by atomic mass is 16.5. The number of carbonyl (C=O) groups excluding carboxylic acids is 1. The molecule has 6 nitrogen and oxygen atoms in total. The molecule has 1 amide bonds. The molecule has 0 aliphatic heterocycles. The zero-order chi connectivity index (χ0) is 11.1. The third-order valence-corrected chi connectivity index (χ3v) is 1.58. The van der Waals surface area contributed by atoms with Crippen LogP contribution in [0, 0.1) is 0 Å². The van der Waals surface area contributed by atoms with Crippen LogP contribution in [0.15, 0.2) is 18.3 Å². The van der Waals surface area contributed by atoms with E-state index in [0.717, 1.165) is 0 Å².